The van der Waals surface area contributed by atoms with E-state index in [1.54, 1.807) is 14.1 Å². The fraction of sp³-hybridized carbons (Fsp3) is 0.833. The second-order valence-corrected chi connectivity index (χ2v) is 2.45. The molecule has 1 saturated heterocycles. The van der Waals surface area contributed by atoms with E-state index in [4.69, 9.17) is 9.68 Å². The van der Waals surface area contributed by atoms with Crippen molar-refractivity contribution in [1.29, 1.82) is 0 Å². The zero-order valence-corrected chi connectivity index (χ0v) is 6.74. The minimum atomic E-state index is -0.287. The van der Waals surface area contributed by atoms with Crippen molar-refractivity contribution >= 4 is 6.03 Å². The van der Waals surface area contributed by atoms with E-state index in [0.29, 0.717) is 13.2 Å². The van der Waals surface area contributed by atoms with Gasteiger partial charge in [0, 0.05) is 14.1 Å². The van der Waals surface area contributed by atoms with Crippen molar-refractivity contribution in [2.45, 2.75) is 6.42 Å². The summed E-state index contributed by atoms with van der Waals surface area (Å²) >= 11 is 0. The van der Waals surface area contributed by atoms with E-state index in [-0.39, 0.29) is 6.03 Å². The van der Waals surface area contributed by atoms with E-state index in [2.05, 4.69) is 0 Å². The summed E-state index contributed by atoms with van der Waals surface area (Å²) < 4.78 is 0. The summed E-state index contributed by atoms with van der Waals surface area (Å²) in [5, 5.41) is 0.920. The molecular weight excluding hydrogens is 148 g/mol. The number of hydroxylamine groups is 2. The normalized spacial score (nSPS) is 18.2. The highest BCUT2D eigenvalue weighted by Crippen LogP contribution is 2.04. The van der Waals surface area contributed by atoms with Crippen LogP contribution < -0.4 is 0 Å². The summed E-state index contributed by atoms with van der Waals surface area (Å²) in [6, 6.07) is -0.287. The molecule has 2 amide bonds. The predicted octanol–water partition coefficient (Wildman–Crippen LogP) is 0.237. The fourth-order valence-electron chi connectivity index (χ4n) is 0.665. The van der Waals surface area contributed by atoms with Crippen LogP contribution in [0.2, 0.25) is 0 Å². The molecule has 0 radical (unpaired) electrons. The monoisotopic (exact) mass is 160 g/mol. The van der Waals surface area contributed by atoms with Crippen LogP contribution in [-0.2, 0) is 9.68 Å². The topological polar surface area (TPSA) is 42.0 Å². The van der Waals surface area contributed by atoms with Crippen LogP contribution in [-0.4, -0.2) is 43.5 Å². The van der Waals surface area contributed by atoms with Crippen LogP contribution in [0.1, 0.15) is 6.42 Å². The quantitative estimate of drug-likeness (QED) is 0.509. The standard InChI is InChI=1S/C6H12N2O3/c1-7(2)6(9)8-10-4-3-5-11-8/h3-5H2,1-2H3. The molecule has 0 aromatic rings. The Hall–Kier alpha value is -0.810. The Balaban J connectivity index is 2.39. The van der Waals surface area contributed by atoms with Gasteiger partial charge in [-0.1, -0.05) is 5.23 Å². The van der Waals surface area contributed by atoms with Crippen LogP contribution in [0.3, 0.4) is 0 Å². The van der Waals surface area contributed by atoms with Gasteiger partial charge in [-0.3, -0.25) is 0 Å². The summed E-state index contributed by atoms with van der Waals surface area (Å²) in [5.74, 6) is 0. The average Bonchev–Trinajstić information content (AvgIpc) is 2.05. The van der Waals surface area contributed by atoms with E-state index < -0.39 is 0 Å². The lowest BCUT2D eigenvalue weighted by Gasteiger charge is -2.26. The SMILES string of the molecule is CN(C)C(=O)N1OCCCO1. The zero-order chi connectivity index (χ0) is 8.27. The molecule has 0 atom stereocenters. The fourth-order valence-corrected chi connectivity index (χ4v) is 0.665. The van der Waals surface area contributed by atoms with Gasteiger partial charge in [0.1, 0.15) is 0 Å². The maximum Gasteiger partial charge on any atom is 0.369 e. The molecule has 1 aliphatic rings. The van der Waals surface area contributed by atoms with Gasteiger partial charge in [0.05, 0.1) is 13.2 Å². The molecule has 0 N–H and O–H groups in total. The Morgan fingerprint density at radius 1 is 1.36 bits per heavy atom. The zero-order valence-electron chi connectivity index (χ0n) is 6.74. The van der Waals surface area contributed by atoms with Crippen molar-refractivity contribution < 1.29 is 14.5 Å². The maximum atomic E-state index is 11.1. The first-order chi connectivity index (χ1) is 5.22. The maximum absolute atomic E-state index is 11.1. The summed E-state index contributed by atoms with van der Waals surface area (Å²) in [5.41, 5.74) is 0. The van der Waals surface area contributed by atoms with Crippen molar-refractivity contribution in [3.8, 4) is 0 Å². The molecule has 11 heavy (non-hydrogen) atoms. The van der Waals surface area contributed by atoms with Crippen molar-refractivity contribution in [2.24, 2.45) is 0 Å². The number of nitrogens with zero attached hydrogens (tertiary/aromatic N) is 2. The number of hydrogen-bond acceptors (Lipinski definition) is 3. The largest absolute Gasteiger partial charge is 0.369 e. The van der Waals surface area contributed by atoms with Gasteiger partial charge in [0.2, 0.25) is 0 Å². The molecule has 0 aliphatic carbocycles. The van der Waals surface area contributed by atoms with Crippen LogP contribution in [0.15, 0.2) is 0 Å². The van der Waals surface area contributed by atoms with Crippen LogP contribution in [0.5, 0.6) is 0 Å². The minimum Gasteiger partial charge on any atom is -0.327 e. The third-order valence-corrected chi connectivity index (χ3v) is 1.24. The van der Waals surface area contributed by atoms with Gasteiger partial charge in [-0.05, 0) is 6.42 Å². The third kappa shape index (κ3) is 2.06. The van der Waals surface area contributed by atoms with Crippen LogP contribution in [0.4, 0.5) is 4.79 Å². The van der Waals surface area contributed by atoms with E-state index in [1.807, 2.05) is 0 Å². The Morgan fingerprint density at radius 3 is 2.36 bits per heavy atom. The Bertz CT molecular complexity index is 143. The van der Waals surface area contributed by atoms with Crippen LogP contribution in [0, 0.1) is 0 Å². The number of carbonyl (C=O) groups excluding carboxylic acids is 1. The van der Waals surface area contributed by atoms with E-state index in [9.17, 15) is 4.79 Å². The second kappa shape index (κ2) is 3.54. The molecule has 1 rings (SSSR count). The molecule has 5 nitrogen and oxygen atoms in total. The molecule has 0 aromatic carbocycles. The highest BCUT2D eigenvalue weighted by molar-refractivity contribution is 5.71. The number of carbonyl (C=O) groups is 1. The molecule has 5 heteroatoms. The van der Waals surface area contributed by atoms with Crippen molar-refractivity contribution in [2.75, 3.05) is 27.3 Å². The van der Waals surface area contributed by atoms with Gasteiger partial charge in [0.25, 0.3) is 0 Å². The van der Waals surface area contributed by atoms with Gasteiger partial charge in [0.15, 0.2) is 0 Å². The minimum absolute atomic E-state index is 0.287. The summed E-state index contributed by atoms with van der Waals surface area (Å²) in [4.78, 5) is 22.3. The molecule has 0 bridgehead atoms. The second-order valence-electron chi connectivity index (χ2n) is 2.45. The molecule has 0 saturated carbocycles. The van der Waals surface area contributed by atoms with Gasteiger partial charge >= 0.3 is 6.03 Å². The molecule has 0 unspecified atom stereocenters. The lowest BCUT2D eigenvalue weighted by atomic mass is 10.5. The van der Waals surface area contributed by atoms with Gasteiger partial charge < -0.3 is 4.90 Å². The highest BCUT2D eigenvalue weighted by Gasteiger charge is 2.20. The number of amides is 2. The molecule has 0 aromatic heterocycles. The van der Waals surface area contributed by atoms with Crippen LogP contribution in [0.25, 0.3) is 0 Å². The van der Waals surface area contributed by atoms with Gasteiger partial charge in [-0.15, -0.1) is 0 Å². The lowest BCUT2D eigenvalue weighted by Crippen LogP contribution is -2.42. The van der Waals surface area contributed by atoms with Gasteiger partial charge in [-0.2, -0.15) is 0 Å². The number of hydrogen-bond donors (Lipinski definition) is 0. The summed E-state index contributed by atoms with van der Waals surface area (Å²) in [7, 11) is 3.29. The summed E-state index contributed by atoms with van der Waals surface area (Å²) in [6.45, 7) is 1.08. The van der Waals surface area contributed by atoms with Crippen LogP contribution >= 0.6 is 0 Å². The molecular formula is C6H12N2O3. The molecule has 1 heterocycles. The first-order valence-electron chi connectivity index (χ1n) is 3.49. The number of urea groups is 1. The number of rotatable bonds is 0. The Labute approximate surface area is 65.4 Å². The Morgan fingerprint density at radius 2 is 1.91 bits per heavy atom. The highest BCUT2D eigenvalue weighted by atomic mass is 17.0. The van der Waals surface area contributed by atoms with E-state index in [0.717, 1.165) is 11.6 Å². The van der Waals surface area contributed by atoms with Gasteiger partial charge in [-0.25, -0.2) is 14.5 Å². The Kier molecular flexibility index (Phi) is 2.67. The molecule has 64 valence electrons. The first-order valence-corrected chi connectivity index (χ1v) is 3.49. The lowest BCUT2D eigenvalue weighted by molar-refractivity contribution is -0.355. The first kappa shape index (κ1) is 8.29. The molecule has 1 fully saturated rings. The summed E-state index contributed by atoms with van der Waals surface area (Å²) in [6.07, 6.45) is 0.831. The van der Waals surface area contributed by atoms with Crippen molar-refractivity contribution in [3.63, 3.8) is 0 Å². The van der Waals surface area contributed by atoms with Crippen molar-refractivity contribution in [1.82, 2.24) is 10.1 Å². The third-order valence-electron chi connectivity index (χ3n) is 1.24. The smallest absolute Gasteiger partial charge is 0.327 e. The molecule has 1 aliphatic heterocycles. The van der Waals surface area contributed by atoms with Crippen molar-refractivity contribution in [3.05, 3.63) is 0 Å². The van der Waals surface area contributed by atoms with E-state index >= 15 is 0 Å². The van der Waals surface area contributed by atoms with E-state index in [1.165, 1.54) is 4.90 Å². The predicted molar refractivity (Wildman–Crippen MR) is 37.4 cm³/mol. The average molecular weight is 160 g/mol. The molecule has 0 spiro atoms.